The van der Waals surface area contributed by atoms with Crippen LogP contribution in [0, 0.1) is 11.8 Å². The average molecular weight is 305 g/mol. The van der Waals surface area contributed by atoms with Crippen LogP contribution in [0.15, 0.2) is 23.5 Å². The number of nitrogens with one attached hydrogen (secondary N) is 2. The fourth-order valence-electron chi connectivity index (χ4n) is 3.20. The number of aromatic nitrogens is 2. The molecule has 2 N–H and O–H groups in total. The van der Waals surface area contributed by atoms with Crippen molar-refractivity contribution < 1.29 is 0 Å². The van der Waals surface area contributed by atoms with E-state index in [4.69, 9.17) is 0 Å². The fourth-order valence-corrected chi connectivity index (χ4v) is 3.20. The Morgan fingerprint density at radius 3 is 2.68 bits per heavy atom. The zero-order valence-corrected chi connectivity index (χ0v) is 14.3. The van der Waals surface area contributed by atoms with Crippen LogP contribution in [0.2, 0.25) is 0 Å². The van der Waals surface area contributed by atoms with Gasteiger partial charge in [0.1, 0.15) is 0 Å². The van der Waals surface area contributed by atoms with Crippen LogP contribution in [0.25, 0.3) is 0 Å². The van der Waals surface area contributed by atoms with Crippen molar-refractivity contribution in [3.63, 3.8) is 0 Å². The van der Waals surface area contributed by atoms with E-state index < -0.39 is 0 Å². The molecule has 0 radical (unpaired) electrons. The van der Waals surface area contributed by atoms with Gasteiger partial charge >= 0.3 is 0 Å². The van der Waals surface area contributed by atoms with Crippen molar-refractivity contribution in [2.75, 3.05) is 13.6 Å². The van der Waals surface area contributed by atoms with Crippen molar-refractivity contribution in [1.82, 2.24) is 20.4 Å². The topological polar surface area (TPSA) is 54.2 Å². The molecule has 0 bridgehead atoms. The van der Waals surface area contributed by atoms with Gasteiger partial charge in [0.25, 0.3) is 0 Å². The lowest BCUT2D eigenvalue weighted by molar-refractivity contribution is 0.250. The van der Waals surface area contributed by atoms with Crippen molar-refractivity contribution in [3.05, 3.63) is 18.5 Å². The van der Waals surface area contributed by atoms with Crippen LogP contribution in [0.1, 0.15) is 46.0 Å². The van der Waals surface area contributed by atoms with E-state index in [9.17, 15) is 0 Å². The average Bonchev–Trinajstić information content (AvgIpc) is 3.04. The number of hydrogen-bond acceptors (Lipinski definition) is 2. The summed E-state index contributed by atoms with van der Waals surface area (Å²) < 4.78 is 1.96. The maximum Gasteiger partial charge on any atom is 0.191 e. The van der Waals surface area contributed by atoms with E-state index in [2.05, 4.69) is 34.6 Å². The summed E-state index contributed by atoms with van der Waals surface area (Å²) in [6.07, 6.45) is 10.1. The monoisotopic (exact) mass is 305 g/mol. The summed E-state index contributed by atoms with van der Waals surface area (Å²) in [5, 5.41) is 11.2. The first-order chi connectivity index (χ1) is 10.7. The number of aliphatic imine (C=N–C) groups is 1. The molecular weight excluding hydrogens is 274 g/mol. The van der Waals surface area contributed by atoms with Crippen LogP contribution in [0.4, 0.5) is 0 Å². The van der Waals surface area contributed by atoms with Crippen LogP contribution >= 0.6 is 0 Å². The van der Waals surface area contributed by atoms with Crippen LogP contribution < -0.4 is 10.6 Å². The number of nitrogens with zero attached hydrogens (tertiary/aromatic N) is 3. The molecule has 1 fully saturated rings. The zero-order chi connectivity index (χ0) is 15.8. The summed E-state index contributed by atoms with van der Waals surface area (Å²) >= 11 is 0. The molecule has 0 atom stereocenters. The Labute approximate surface area is 134 Å². The molecule has 1 aromatic heterocycles. The zero-order valence-electron chi connectivity index (χ0n) is 14.3. The van der Waals surface area contributed by atoms with Crippen molar-refractivity contribution in [3.8, 4) is 0 Å². The summed E-state index contributed by atoms with van der Waals surface area (Å²) in [5.41, 5.74) is 0. The van der Waals surface area contributed by atoms with Gasteiger partial charge in [-0.1, -0.05) is 13.8 Å². The molecule has 0 unspecified atom stereocenters. The van der Waals surface area contributed by atoms with Crippen LogP contribution in [0.5, 0.6) is 0 Å². The fraction of sp³-hybridized carbons (Fsp3) is 0.765. The molecular formula is C17H31N5. The highest BCUT2D eigenvalue weighted by molar-refractivity contribution is 5.79. The van der Waals surface area contributed by atoms with E-state index in [1.807, 2.05) is 30.2 Å². The maximum atomic E-state index is 4.34. The molecule has 0 aromatic carbocycles. The third kappa shape index (κ3) is 5.35. The standard InChI is InChI=1S/C17H31N5/c1-14(2)15-6-8-16(9-7-15)21-17(18-3)19-10-4-12-22-13-5-11-20-22/h5,11,13-16H,4,6-10,12H2,1-3H3,(H2,18,19,21). The van der Waals surface area contributed by atoms with E-state index in [1.165, 1.54) is 25.7 Å². The molecule has 0 amide bonds. The Bertz CT molecular complexity index is 430. The molecule has 1 aliphatic carbocycles. The van der Waals surface area contributed by atoms with Gasteiger partial charge < -0.3 is 10.6 Å². The quantitative estimate of drug-likeness (QED) is 0.482. The predicted octanol–water partition coefficient (Wildman–Crippen LogP) is 2.65. The van der Waals surface area contributed by atoms with Gasteiger partial charge in [-0.3, -0.25) is 9.67 Å². The van der Waals surface area contributed by atoms with Crippen molar-refractivity contribution in [1.29, 1.82) is 0 Å². The molecule has 2 rings (SSSR count). The van der Waals surface area contributed by atoms with Crippen molar-refractivity contribution >= 4 is 5.96 Å². The highest BCUT2D eigenvalue weighted by atomic mass is 15.3. The minimum atomic E-state index is 0.576. The van der Waals surface area contributed by atoms with Gasteiger partial charge in [0.05, 0.1) is 0 Å². The normalized spacial score (nSPS) is 22.8. The van der Waals surface area contributed by atoms with E-state index >= 15 is 0 Å². The van der Waals surface area contributed by atoms with E-state index in [0.717, 1.165) is 37.3 Å². The second-order valence-electron chi connectivity index (χ2n) is 6.62. The molecule has 5 nitrogen and oxygen atoms in total. The molecule has 22 heavy (non-hydrogen) atoms. The Balaban J connectivity index is 1.63. The highest BCUT2D eigenvalue weighted by Gasteiger charge is 2.23. The molecule has 0 saturated heterocycles. The van der Waals surface area contributed by atoms with Gasteiger partial charge in [-0.05, 0) is 50.0 Å². The number of guanidine groups is 1. The van der Waals surface area contributed by atoms with E-state index in [1.54, 1.807) is 0 Å². The SMILES string of the molecule is CN=C(NCCCn1cccn1)NC1CCC(C(C)C)CC1. The number of rotatable bonds is 6. The summed E-state index contributed by atoms with van der Waals surface area (Å²) in [7, 11) is 1.85. The molecule has 1 aliphatic rings. The second-order valence-corrected chi connectivity index (χ2v) is 6.62. The van der Waals surface area contributed by atoms with Crippen molar-refractivity contribution in [2.45, 2.75) is 58.5 Å². The Morgan fingerprint density at radius 1 is 1.32 bits per heavy atom. The number of aryl methyl sites for hydroxylation is 1. The largest absolute Gasteiger partial charge is 0.356 e. The maximum absolute atomic E-state index is 4.34. The molecule has 0 spiro atoms. The van der Waals surface area contributed by atoms with Gasteiger partial charge in [0.2, 0.25) is 0 Å². The summed E-state index contributed by atoms with van der Waals surface area (Å²) in [6.45, 7) is 6.55. The van der Waals surface area contributed by atoms with Gasteiger partial charge in [-0.15, -0.1) is 0 Å². The van der Waals surface area contributed by atoms with E-state index in [-0.39, 0.29) is 0 Å². The van der Waals surface area contributed by atoms with Gasteiger partial charge in [0, 0.05) is 38.6 Å². The van der Waals surface area contributed by atoms with Crippen LogP contribution in [-0.2, 0) is 6.54 Å². The molecule has 5 heteroatoms. The first-order valence-corrected chi connectivity index (χ1v) is 8.63. The lowest BCUT2D eigenvalue weighted by Gasteiger charge is -2.32. The van der Waals surface area contributed by atoms with E-state index in [0.29, 0.717) is 6.04 Å². The van der Waals surface area contributed by atoms with Crippen molar-refractivity contribution in [2.24, 2.45) is 16.8 Å². The van der Waals surface area contributed by atoms with Gasteiger partial charge in [-0.25, -0.2) is 0 Å². The van der Waals surface area contributed by atoms with Crippen LogP contribution in [0.3, 0.4) is 0 Å². The smallest absolute Gasteiger partial charge is 0.191 e. The lowest BCUT2D eigenvalue weighted by Crippen LogP contribution is -2.45. The third-order valence-corrected chi connectivity index (χ3v) is 4.69. The second kappa shape index (κ2) is 8.81. The van der Waals surface area contributed by atoms with Crippen LogP contribution in [-0.4, -0.2) is 35.4 Å². The lowest BCUT2D eigenvalue weighted by atomic mass is 9.80. The first kappa shape index (κ1) is 16.8. The molecule has 1 heterocycles. The molecule has 1 saturated carbocycles. The Kier molecular flexibility index (Phi) is 6.74. The summed E-state index contributed by atoms with van der Waals surface area (Å²) in [4.78, 5) is 4.34. The summed E-state index contributed by atoms with van der Waals surface area (Å²) in [5.74, 6) is 2.66. The minimum Gasteiger partial charge on any atom is -0.356 e. The molecule has 0 aliphatic heterocycles. The third-order valence-electron chi connectivity index (χ3n) is 4.69. The first-order valence-electron chi connectivity index (χ1n) is 8.63. The highest BCUT2D eigenvalue weighted by Crippen LogP contribution is 2.29. The van der Waals surface area contributed by atoms with Gasteiger partial charge in [-0.2, -0.15) is 5.10 Å². The predicted molar refractivity (Wildman–Crippen MR) is 91.9 cm³/mol. The minimum absolute atomic E-state index is 0.576. The number of hydrogen-bond donors (Lipinski definition) is 2. The molecule has 1 aromatic rings. The Morgan fingerprint density at radius 2 is 2.09 bits per heavy atom. The summed E-state index contributed by atoms with van der Waals surface area (Å²) in [6, 6.07) is 2.54. The Hall–Kier alpha value is -1.52. The van der Waals surface area contributed by atoms with Gasteiger partial charge in [0.15, 0.2) is 5.96 Å². The molecule has 124 valence electrons.